The normalized spacial score (nSPS) is 10.8. The average molecular weight is 272 g/mol. The van der Waals surface area contributed by atoms with E-state index in [1.165, 1.54) is 0 Å². The Morgan fingerprint density at radius 3 is 2.85 bits per heavy atom. The fourth-order valence-corrected chi connectivity index (χ4v) is 1.96. The number of carbonyl (C=O) groups is 1. The van der Waals surface area contributed by atoms with Crippen molar-refractivity contribution < 1.29 is 4.79 Å². The molecule has 0 bridgehead atoms. The molecule has 20 heavy (non-hydrogen) atoms. The maximum Gasteiger partial charge on any atom is 0.251 e. The smallest absolute Gasteiger partial charge is 0.251 e. The van der Waals surface area contributed by atoms with Crippen LogP contribution in [-0.2, 0) is 0 Å². The summed E-state index contributed by atoms with van der Waals surface area (Å²) in [6, 6.07) is 7.59. The molecule has 1 aromatic carbocycles. The van der Waals surface area contributed by atoms with Crippen molar-refractivity contribution in [1.29, 1.82) is 0 Å². The van der Waals surface area contributed by atoms with Crippen LogP contribution in [0.25, 0.3) is 11.1 Å². The van der Waals surface area contributed by atoms with Gasteiger partial charge in [0.25, 0.3) is 5.91 Å². The second-order valence-electron chi connectivity index (χ2n) is 5.05. The number of nitrogens with zero attached hydrogens (tertiary/aromatic N) is 2. The van der Waals surface area contributed by atoms with E-state index >= 15 is 0 Å². The molecule has 5 heteroatoms. The molecule has 0 unspecified atom stereocenters. The topological polar surface area (TPSA) is 61.0 Å². The summed E-state index contributed by atoms with van der Waals surface area (Å²) in [6.07, 6.45) is 1.78. The molecule has 0 fully saturated rings. The van der Waals surface area contributed by atoms with Gasteiger partial charge in [-0.05, 0) is 38.7 Å². The zero-order valence-corrected chi connectivity index (χ0v) is 12.1. The fourth-order valence-electron chi connectivity index (χ4n) is 1.96. The number of rotatable bonds is 5. The largest absolute Gasteiger partial charge is 0.351 e. The Kier molecular flexibility index (Phi) is 4.53. The molecule has 0 saturated carbocycles. The fraction of sp³-hybridized carbons (Fsp3) is 0.333. The molecule has 106 valence electrons. The summed E-state index contributed by atoms with van der Waals surface area (Å²) in [5.41, 5.74) is 3.68. The number of carbonyl (C=O) groups excluding carboxylic acids is 1. The van der Waals surface area contributed by atoms with Crippen LogP contribution in [0.1, 0.15) is 16.1 Å². The molecule has 1 amide bonds. The van der Waals surface area contributed by atoms with Gasteiger partial charge in [-0.15, -0.1) is 0 Å². The van der Waals surface area contributed by atoms with Crippen molar-refractivity contribution >= 4 is 5.91 Å². The van der Waals surface area contributed by atoms with Gasteiger partial charge in [-0.1, -0.05) is 12.1 Å². The number of likely N-dealkylation sites (N-methyl/N-ethyl adjacent to an activating group) is 1. The molecular formula is C15H20N4O. The van der Waals surface area contributed by atoms with E-state index in [0.717, 1.165) is 23.4 Å². The van der Waals surface area contributed by atoms with Crippen molar-refractivity contribution in [2.45, 2.75) is 6.92 Å². The first-order chi connectivity index (χ1) is 9.58. The minimum Gasteiger partial charge on any atom is -0.351 e. The molecule has 0 radical (unpaired) electrons. The lowest BCUT2D eigenvalue weighted by Gasteiger charge is -2.11. The van der Waals surface area contributed by atoms with Crippen molar-refractivity contribution in [3.63, 3.8) is 0 Å². The highest BCUT2D eigenvalue weighted by Crippen LogP contribution is 2.22. The Hall–Kier alpha value is -2.14. The lowest BCUT2D eigenvalue weighted by atomic mass is 10.0. The summed E-state index contributed by atoms with van der Waals surface area (Å²) < 4.78 is 0. The second-order valence-corrected chi connectivity index (χ2v) is 5.05. The van der Waals surface area contributed by atoms with Crippen LogP contribution in [0.3, 0.4) is 0 Å². The van der Waals surface area contributed by atoms with E-state index in [9.17, 15) is 4.79 Å². The standard InChI is InChI=1S/C15H20N4O/c1-11-14(10-17-18-11)12-5-4-6-13(9-12)15(20)16-7-8-19(2)3/h4-6,9-10H,7-8H2,1-3H3,(H,16,20)(H,17,18). The second kappa shape index (κ2) is 6.34. The molecule has 0 saturated heterocycles. The third kappa shape index (κ3) is 3.45. The van der Waals surface area contributed by atoms with Gasteiger partial charge >= 0.3 is 0 Å². The van der Waals surface area contributed by atoms with Crippen LogP contribution in [0.5, 0.6) is 0 Å². The van der Waals surface area contributed by atoms with Gasteiger partial charge in [0.15, 0.2) is 0 Å². The van der Waals surface area contributed by atoms with Crippen LogP contribution < -0.4 is 5.32 Å². The number of aromatic amines is 1. The number of nitrogens with one attached hydrogen (secondary N) is 2. The predicted molar refractivity (Wildman–Crippen MR) is 79.6 cm³/mol. The SMILES string of the molecule is Cc1[nH]ncc1-c1cccc(C(=O)NCCN(C)C)c1. The van der Waals surface area contributed by atoms with Crippen LogP contribution in [0.15, 0.2) is 30.5 Å². The van der Waals surface area contributed by atoms with E-state index in [4.69, 9.17) is 0 Å². The molecule has 1 heterocycles. The van der Waals surface area contributed by atoms with E-state index < -0.39 is 0 Å². The Balaban J connectivity index is 2.10. The zero-order chi connectivity index (χ0) is 14.5. The van der Waals surface area contributed by atoms with Crippen LogP contribution in [0, 0.1) is 6.92 Å². The quantitative estimate of drug-likeness (QED) is 0.870. The van der Waals surface area contributed by atoms with Crippen LogP contribution in [0.4, 0.5) is 0 Å². The van der Waals surface area contributed by atoms with Gasteiger partial charge in [-0.25, -0.2) is 0 Å². The van der Waals surface area contributed by atoms with E-state index in [1.54, 1.807) is 6.20 Å². The van der Waals surface area contributed by atoms with Crippen LogP contribution >= 0.6 is 0 Å². The van der Waals surface area contributed by atoms with E-state index in [1.807, 2.05) is 50.2 Å². The van der Waals surface area contributed by atoms with Gasteiger partial charge < -0.3 is 10.2 Å². The first-order valence-corrected chi connectivity index (χ1v) is 6.61. The van der Waals surface area contributed by atoms with Gasteiger partial charge in [0.2, 0.25) is 0 Å². The third-order valence-electron chi connectivity index (χ3n) is 3.11. The number of hydrogen-bond donors (Lipinski definition) is 2. The summed E-state index contributed by atoms with van der Waals surface area (Å²) in [5, 5.41) is 9.83. The van der Waals surface area contributed by atoms with Crippen molar-refractivity contribution in [3.05, 3.63) is 41.7 Å². The Bertz CT molecular complexity index is 589. The third-order valence-corrected chi connectivity index (χ3v) is 3.11. The van der Waals surface area contributed by atoms with E-state index in [-0.39, 0.29) is 5.91 Å². The van der Waals surface area contributed by atoms with Crippen molar-refractivity contribution in [2.75, 3.05) is 27.2 Å². The zero-order valence-electron chi connectivity index (χ0n) is 12.1. The van der Waals surface area contributed by atoms with E-state index in [2.05, 4.69) is 15.5 Å². The average Bonchev–Trinajstić information content (AvgIpc) is 2.84. The minimum atomic E-state index is -0.0464. The molecule has 0 atom stereocenters. The predicted octanol–water partition coefficient (Wildman–Crippen LogP) is 1.68. The van der Waals surface area contributed by atoms with Crippen molar-refractivity contribution in [2.24, 2.45) is 0 Å². The first kappa shape index (κ1) is 14.3. The highest BCUT2D eigenvalue weighted by molar-refractivity contribution is 5.95. The molecule has 0 spiro atoms. The first-order valence-electron chi connectivity index (χ1n) is 6.61. The Morgan fingerprint density at radius 1 is 1.40 bits per heavy atom. The summed E-state index contributed by atoms with van der Waals surface area (Å²) in [6.45, 7) is 3.43. The maximum absolute atomic E-state index is 12.1. The molecular weight excluding hydrogens is 252 g/mol. The molecule has 5 nitrogen and oxygen atoms in total. The van der Waals surface area contributed by atoms with E-state index in [0.29, 0.717) is 12.1 Å². The molecule has 2 N–H and O–H groups in total. The number of aromatic nitrogens is 2. The molecule has 2 rings (SSSR count). The molecule has 2 aromatic rings. The number of amides is 1. The molecule has 0 aliphatic heterocycles. The highest BCUT2D eigenvalue weighted by Gasteiger charge is 2.09. The number of hydrogen-bond acceptors (Lipinski definition) is 3. The van der Waals surface area contributed by atoms with Crippen molar-refractivity contribution in [3.8, 4) is 11.1 Å². The monoisotopic (exact) mass is 272 g/mol. The Morgan fingerprint density at radius 2 is 2.20 bits per heavy atom. The molecule has 1 aromatic heterocycles. The van der Waals surface area contributed by atoms with Gasteiger partial charge in [0.1, 0.15) is 0 Å². The van der Waals surface area contributed by atoms with Gasteiger partial charge in [-0.2, -0.15) is 5.10 Å². The van der Waals surface area contributed by atoms with Crippen LogP contribution in [-0.4, -0.2) is 48.2 Å². The Labute approximate surface area is 119 Å². The number of aryl methyl sites for hydroxylation is 1. The van der Waals surface area contributed by atoms with Gasteiger partial charge in [0, 0.05) is 29.9 Å². The molecule has 0 aliphatic carbocycles. The van der Waals surface area contributed by atoms with Gasteiger partial charge in [0.05, 0.1) is 6.20 Å². The number of H-pyrrole nitrogens is 1. The summed E-state index contributed by atoms with van der Waals surface area (Å²) in [7, 11) is 3.96. The summed E-state index contributed by atoms with van der Waals surface area (Å²) >= 11 is 0. The minimum absolute atomic E-state index is 0.0464. The summed E-state index contributed by atoms with van der Waals surface area (Å²) in [4.78, 5) is 14.1. The summed E-state index contributed by atoms with van der Waals surface area (Å²) in [5.74, 6) is -0.0464. The number of benzene rings is 1. The maximum atomic E-state index is 12.1. The lowest BCUT2D eigenvalue weighted by Crippen LogP contribution is -2.31. The lowest BCUT2D eigenvalue weighted by molar-refractivity contribution is 0.0951. The molecule has 0 aliphatic rings. The van der Waals surface area contributed by atoms with Gasteiger partial charge in [-0.3, -0.25) is 9.89 Å². The van der Waals surface area contributed by atoms with Crippen molar-refractivity contribution in [1.82, 2.24) is 20.4 Å². The highest BCUT2D eigenvalue weighted by atomic mass is 16.1. The van der Waals surface area contributed by atoms with Crippen LogP contribution in [0.2, 0.25) is 0 Å².